The van der Waals surface area contributed by atoms with Crippen molar-refractivity contribution < 1.29 is 23.7 Å². The molecule has 0 amide bonds. The Bertz CT molecular complexity index is 847. The molecule has 2 aromatic rings. The third-order valence-corrected chi connectivity index (χ3v) is 4.82. The summed E-state index contributed by atoms with van der Waals surface area (Å²) in [4.78, 5) is 20.1. The molecule has 0 unspecified atom stereocenters. The highest BCUT2D eigenvalue weighted by Crippen LogP contribution is 2.27. The van der Waals surface area contributed by atoms with Gasteiger partial charge in [-0.3, -0.25) is 9.78 Å². The van der Waals surface area contributed by atoms with E-state index < -0.39 is 0 Å². The summed E-state index contributed by atoms with van der Waals surface area (Å²) in [5, 5.41) is 0. The number of carbonyl (C=O) groups excluding carboxylic acids is 1. The first kappa shape index (κ1) is 21.8. The van der Waals surface area contributed by atoms with Crippen molar-refractivity contribution in [3.63, 3.8) is 0 Å². The van der Waals surface area contributed by atoms with Gasteiger partial charge in [0.05, 0.1) is 33.1 Å². The summed E-state index contributed by atoms with van der Waals surface area (Å²) in [6.45, 7) is 3.89. The summed E-state index contributed by atoms with van der Waals surface area (Å²) in [5.74, 6) is 1.13. The number of esters is 1. The van der Waals surface area contributed by atoms with Crippen molar-refractivity contribution in [3.05, 3.63) is 53.5 Å². The fourth-order valence-corrected chi connectivity index (χ4v) is 3.25. The lowest BCUT2D eigenvalue weighted by Crippen LogP contribution is -2.16. The van der Waals surface area contributed by atoms with Crippen LogP contribution in [-0.4, -0.2) is 49.5 Å². The Balaban J connectivity index is 1.56. The molecule has 0 radical (unpaired) electrons. The third-order valence-electron chi connectivity index (χ3n) is 4.82. The van der Waals surface area contributed by atoms with E-state index in [2.05, 4.69) is 9.97 Å². The van der Waals surface area contributed by atoms with Gasteiger partial charge in [-0.15, -0.1) is 0 Å². The van der Waals surface area contributed by atoms with Gasteiger partial charge in [0, 0.05) is 24.4 Å². The second-order valence-corrected chi connectivity index (χ2v) is 6.91. The van der Waals surface area contributed by atoms with Gasteiger partial charge in [-0.05, 0) is 61.1 Å². The maximum atomic E-state index is 11.4. The molecule has 0 aromatic carbocycles. The first-order chi connectivity index (χ1) is 14.7. The van der Waals surface area contributed by atoms with Gasteiger partial charge < -0.3 is 18.9 Å². The van der Waals surface area contributed by atoms with Crippen LogP contribution in [0.3, 0.4) is 0 Å². The molecular weight excluding hydrogens is 384 g/mol. The number of hydrogen-bond donors (Lipinski definition) is 0. The summed E-state index contributed by atoms with van der Waals surface area (Å²) >= 11 is 0. The quantitative estimate of drug-likeness (QED) is 0.551. The topological polar surface area (TPSA) is 79.8 Å². The molecule has 1 aliphatic heterocycles. The van der Waals surface area contributed by atoms with Crippen molar-refractivity contribution in [3.8, 4) is 11.6 Å². The van der Waals surface area contributed by atoms with Crippen molar-refractivity contribution in [1.29, 1.82) is 0 Å². The summed E-state index contributed by atoms with van der Waals surface area (Å²) < 4.78 is 21.7. The fourth-order valence-electron chi connectivity index (χ4n) is 3.25. The van der Waals surface area contributed by atoms with Crippen LogP contribution in [0.25, 0.3) is 5.57 Å². The van der Waals surface area contributed by atoms with Gasteiger partial charge in [0.2, 0.25) is 5.88 Å². The number of nitrogens with zero attached hydrogens (tertiary/aromatic N) is 2. The molecule has 0 N–H and O–H groups in total. The molecule has 2 aromatic heterocycles. The lowest BCUT2D eigenvalue weighted by atomic mass is 9.97. The zero-order chi connectivity index (χ0) is 21.2. The van der Waals surface area contributed by atoms with Crippen LogP contribution in [-0.2, 0) is 20.7 Å². The van der Waals surface area contributed by atoms with Crippen molar-refractivity contribution in [1.82, 2.24) is 9.97 Å². The number of aryl methyl sites for hydroxylation is 1. The average Bonchev–Trinajstić information content (AvgIpc) is 2.79. The van der Waals surface area contributed by atoms with E-state index in [-0.39, 0.29) is 5.97 Å². The minimum absolute atomic E-state index is 0.164. The van der Waals surface area contributed by atoms with Gasteiger partial charge >= 0.3 is 5.97 Å². The highest BCUT2D eigenvalue weighted by molar-refractivity contribution is 5.70. The molecule has 0 saturated carbocycles. The van der Waals surface area contributed by atoms with Gasteiger partial charge in [-0.25, -0.2) is 4.98 Å². The molecule has 0 spiro atoms. The molecule has 7 nitrogen and oxygen atoms in total. The van der Waals surface area contributed by atoms with Crippen molar-refractivity contribution in [2.45, 2.75) is 32.6 Å². The van der Waals surface area contributed by atoms with Crippen LogP contribution >= 0.6 is 0 Å². The lowest BCUT2D eigenvalue weighted by Gasteiger charge is -2.21. The molecule has 0 aliphatic carbocycles. The normalized spacial score (nSPS) is 13.8. The van der Waals surface area contributed by atoms with E-state index in [1.165, 1.54) is 5.57 Å². The lowest BCUT2D eigenvalue weighted by molar-refractivity contribution is -0.143. The van der Waals surface area contributed by atoms with E-state index in [9.17, 15) is 4.79 Å². The van der Waals surface area contributed by atoms with Crippen molar-refractivity contribution in [2.24, 2.45) is 0 Å². The Labute approximate surface area is 177 Å². The Morgan fingerprint density at radius 1 is 1.17 bits per heavy atom. The zero-order valence-electron chi connectivity index (χ0n) is 17.6. The molecule has 3 rings (SSSR count). The fraction of sp³-hybridized carbons (Fsp3) is 0.435. The number of aromatic nitrogens is 2. The number of rotatable bonds is 10. The average molecular weight is 412 g/mol. The van der Waals surface area contributed by atoms with E-state index in [0.29, 0.717) is 44.5 Å². The van der Waals surface area contributed by atoms with Crippen LogP contribution in [0.1, 0.15) is 37.4 Å². The van der Waals surface area contributed by atoms with E-state index in [1.54, 1.807) is 13.3 Å². The molecule has 0 atom stereocenters. The first-order valence-electron chi connectivity index (χ1n) is 10.2. The zero-order valence-corrected chi connectivity index (χ0v) is 17.6. The first-order valence-corrected chi connectivity index (χ1v) is 10.2. The molecule has 0 saturated heterocycles. The summed E-state index contributed by atoms with van der Waals surface area (Å²) in [7, 11) is 1.61. The second kappa shape index (κ2) is 11.3. The third kappa shape index (κ3) is 6.29. The molecule has 1 aliphatic rings. The number of carbonyl (C=O) groups is 1. The minimum Gasteiger partial charge on any atom is -0.488 e. The number of methoxy groups -OCH3 is 1. The molecule has 3 heterocycles. The van der Waals surface area contributed by atoms with Gasteiger partial charge in [-0.2, -0.15) is 0 Å². The van der Waals surface area contributed by atoms with Crippen LogP contribution in [0.2, 0.25) is 0 Å². The van der Waals surface area contributed by atoms with Crippen LogP contribution in [0, 0.1) is 0 Å². The highest BCUT2D eigenvalue weighted by atomic mass is 16.5. The van der Waals surface area contributed by atoms with Gasteiger partial charge in [0.15, 0.2) is 0 Å². The van der Waals surface area contributed by atoms with Crippen LogP contribution in [0.4, 0.5) is 0 Å². The monoisotopic (exact) mass is 412 g/mol. The predicted octanol–water partition coefficient (Wildman–Crippen LogP) is 3.62. The maximum absolute atomic E-state index is 11.4. The molecule has 7 heteroatoms. The molecule has 0 bridgehead atoms. The Morgan fingerprint density at radius 2 is 2.07 bits per heavy atom. The molecule has 160 valence electrons. The highest BCUT2D eigenvalue weighted by Gasteiger charge is 2.16. The smallest absolute Gasteiger partial charge is 0.305 e. The van der Waals surface area contributed by atoms with E-state index in [1.807, 2.05) is 37.4 Å². The number of ether oxygens (including phenoxy) is 4. The van der Waals surface area contributed by atoms with Crippen molar-refractivity contribution >= 4 is 11.5 Å². The second-order valence-electron chi connectivity index (χ2n) is 6.91. The van der Waals surface area contributed by atoms with Crippen LogP contribution in [0.5, 0.6) is 11.6 Å². The summed E-state index contributed by atoms with van der Waals surface area (Å²) in [5.41, 5.74) is 4.30. The van der Waals surface area contributed by atoms with E-state index in [0.717, 1.165) is 36.1 Å². The molecular formula is C23H28N2O5. The largest absolute Gasteiger partial charge is 0.488 e. The van der Waals surface area contributed by atoms with Crippen LogP contribution < -0.4 is 9.47 Å². The van der Waals surface area contributed by atoms with Gasteiger partial charge in [0.25, 0.3) is 0 Å². The number of hydrogen-bond acceptors (Lipinski definition) is 7. The minimum atomic E-state index is -0.164. The Hall–Kier alpha value is -2.93. The maximum Gasteiger partial charge on any atom is 0.305 e. The molecule has 0 fully saturated rings. The van der Waals surface area contributed by atoms with Gasteiger partial charge in [0.1, 0.15) is 12.4 Å². The van der Waals surface area contributed by atoms with E-state index in [4.69, 9.17) is 18.9 Å². The van der Waals surface area contributed by atoms with Crippen molar-refractivity contribution in [2.75, 3.05) is 33.5 Å². The van der Waals surface area contributed by atoms with Crippen LogP contribution in [0.15, 0.2) is 42.2 Å². The van der Waals surface area contributed by atoms with Gasteiger partial charge in [-0.1, -0.05) is 0 Å². The predicted molar refractivity (Wildman–Crippen MR) is 112 cm³/mol. The summed E-state index contributed by atoms with van der Waals surface area (Å²) in [6.07, 6.45) is 6.22. The Kier molecular flexibility index (Phi) is 8.20. The Morgan fingerprint density at radius 3 is 2.77 bits per heavy atom. The van der Waals surface area contributed by atoms with E-state index >= 15 is 0 Å². The SMILES string of the molecule is CCOC(=O)CCCc1ccc(OCC2=C(c3ccc(OC)nc3)CCOC2)cn1. The number of pyridine rings is 2. The standard InChI is InChI=1S/C23H28N2O5/c1-3-29-23(26)6-4-5-19-8-9-20(14-24-19)30-16-18-15-28-12-11-21(18)17-7-10-22(27-2)25-13-17/h7-10,13-14H,3-6,11-12,15-16H2,1-2H3. The summed E-state index contributed by atoms with van der Waals surface area (Å²) in [6, 6.07) is 7.71. The molecule has 30 heavy (non-hydrogen) atoms.